The van der Waals surface area contributed by atoms with E-state index in [0.29, 0.717) is 49.8 Å². The summed E-state index contributed by atoms with van der Waals surface area (Å²) in [6, 6.07) is 5.51. The number of hydrogen-bond donors (Lipinski definition) is 1. The first kappa shape index (κ1) is 26.3. The lowest BCUT2D eigenvalue weighted by Gasteiger charge is -2.23. The lowest BCUT2D eigenvalue weighted by molar-refractivity contribution is -0.119. The zero-order valence-electron chi connectivity index (χ0n) is 22.1. The van der Waals surface area contributed by atoms with E-state index in [0.717, 1.165) is 35.0 Å². The van der Waals surface area contributed by atoms with Crippen LogP contribution < -0.4 is 10.1 Å². The highest BCUT2D eigenvalue weighted by Crippen LogP contribution is 2.30. The minimum absolute atomic E-state index is 0.0987. The lowest BCUT2D eigenvalue weighted by atomic mass is 9.99. The van der Waals surface area contributed by atoms with E-state index in [2.05, 4.69) is 21.4 Å². The van der Waals surface area contributed by atoms with Gasteiger partial charge < -0.3 is 24.3 Å². The van der Waals surface area contributed by atoms with Crippen molar-refractivity contribution >= 4 is 23.0 Å². The number of amides is 2. The summed E-state index contributed by atoms with van der Waals surface area (Å²) in [7, 11) is 1.58. The zero-order chi connectivity index (χ0) is 27.2. The Morgan fingerprint density at radius 2 is 2.15 bits per heavy atom. The second-order valence-electron chi connectivity index (χ2n) is 9.66. The number of rotatable bonds is 10. The summed E-state index contributed by atoms with van der Waals surface area (Å²) < 4.78 is 22.4. The third-order valence-corrected chi connectivity index (χ3v) is 6.89. The third-order valence-electron chi connectivity index (χ3n) is 6.89. The normalized spacial score (nSPS) is 19.3. The Kier molecular flexibility index (Phi) is 8.10. The maximum atomic E-state index is 12.7. The molecule has 0 aromatic carbocycles. The van der Waals surface area contributed by atoms with Gasteiger partial charge in [-0.1, -0.05) is 18.2 Å². The number of nitrogens with zero attached hydrogens (tertiary/aromatic N) is 3. The number of cyclic esters (lactones) is 1. The molecule has 204 valence electrons. The standard InChI is InChI=1S/C29H32N4O6/c1-19(34)31-22(9-8-21-14-15-30-24-12-13-26(36-2)32-28(21)24)10-11-23-16-33(29(35)38-23)27-18-37-17-25(39-27)20-6-4-3-5-7-20/h3-4,6,12-15,17-18,22-23H,5,7-11,16H2,1-2H3,(H,31,34). The lowest BCUT2D eigenvalue weighted by Crippen LogP contribution is -2.34. The molecule has 0 bridgehead atoms. The molecule has 1 aliphatic carbocycles. The molecule has 0 saturated carbocycles. The number of allylic oxidation sites excluding steroid dienone is 4. The maximum absolute atomic E-state index is 12.7. The summed E-state index contributed by atoms with van der Waals surface area (Å²) in [6.07, 6.45) is 14.4. The Morgan fingerprint density at radius 1 is 1.26 bits per heavy atom. The van der Waals surface area contributed by atoms with E-state index in [1.165, 1.54) is 18.1 Å². The Morgan fingerprint density at radius 3 is 2.95 bits per heavy atom. The van der Waals surface area contributed by atoms with Crippen LogP contribution in [0.1, 0.15) is 44.6 Å². The van der Waals surface area contributed by atoms with Gasteiger partial charge in [-0.05, 0) is 61.8 Å². The molecular weight excluding hydrogens is 500 g/mol. The monoisotopic (exact) mass is 532 g/mol. The molecular formula is C29H32N4O6. The van der Waals surface area contributed by atoms with Gasteiger partial charge in [0.25, 0.3) is 0 Å². The molecule has 3 aliphatic rings. The summed E-state index contributed by atoms with van der Waals surface area (Å²) in [5.74, 6) is 1.32. The second kappa shape index (κ2) is 12.0. The molecule has 1 fully saturated rings. The number of fused-ring (bicyclic) bond motifs is 1. The molecule has 2 aromatic rings. The highest BCUT2D eigenvalue weighted by atomic mass is 16.6. The Labute approximate surface area is 227 Å². The van der Waals surface area contributed by atoms with Crippen molar-refractivity contribution in [1.29, 1.82) is 0 Å². The van der Waals surface area contributed by atoms with Gasteiger partial charge in [-0.3, -0.25) is 9.78 Å². The molecule has 5 rings (SSSR count). The zero-order valence-corrected chi connectivity index (χ0v) is 22.1. The average molecular weight is 533 g/mol. The van der Waals surface area contributed by atoms with Gasteiger partial charge >= 0.3 is 6.09 Å². The number of nitrogens with one attached hydrogen (secondary N) is 1. The van der Waals surface area contributed by atoms with Crippen molar-refractivity contribution in [1.82, 2.24) is 20.2 Å². The summed E-state index contributed by atoms with van der Waals surface area (Å²) in [5, 5.41) is 3.04. The number of ether oxygens (including phenoxy) is 4. The van der Waals surface area contributed by atoms with E-state index >= 15 is 0 Å². The second-order valence-corrected chi connectivity index (χ2v) is 9.66. The van der Waals surface area contributed by atoms with Gasteiger partial charge in [-0.15, -0.1) is 0 Å². The first-order valence-corrected chi connectivity index (χ1v) is 13.1. The van der Waals surface area contributed by atoms with Crippen molar-refractivity contribution in [2.45, 2.75) is 57.6 Å². The minimum Gasteiger partial charge on any atom is -0.481 e. The van der Waals surface area contributed by atoms with Gasteiger partial charge in [-0.2, -0.15) is 0 Å². The molecule has 1 saturated heterocycles. The predicted molar refractivity (Wildman–Crippen MR) is 143 cm³/mol. The molecule has 2 aromatic heterocycles. The maximum Gasteiger partial charge on any atom is 0.417 e. The molecule has 0 spiro atoms. The molecule has 39 heavy (non-hydrogen) atoms. The van der Waals surface area contributed by atoms with Gasteiger partial charge in [0.1, 0.15) is 12.4 Å². The van der Waals surface area contributed by atoms with E-state index in [9.17, 15) is 9.59 Å². The summed E-state index contributed by atoms with van der Waals surface area (Å²) >= 11 is 0. The summed E-state index contributed by atoms with van der Waals surface area (Å²) in [5.41, 5.74) is 3.62. The largest absolute Gasteiger partial charge is 0.481 e. The highest BCUT2D eigenvalue weighted by molar-refractivity contribution is 5.78. The molecule has 10 nitrogen and oxygen atoms in total. The molecule has 2 amide bonds. The van der Waals surface area contributed by atoms with Gasteiger partial charge in [0, 0.05) is 25.2 Å². The van der Waals surface area contributed by atoms with Crippen molar-refractivity contribution in [2.24, 2.45) is 0 Å². The molecule has 1 N–H and O–H groups in total. The van der Waals surface area contributed by atoms with Crippen LogP contribution in [0.4, 0.5) is 4.79 Å². The van der Waals surface area contributed by atoms with E-state index in [1.54, 1.807) is 25.6 Å². The highest BCUT2D eigenvalue weighted by Gasteiger charge is 2.36. The molecule has 4 heterocycles. The molecule has 2 aliphatic heterocycles. The van der Waals surface area contributed by atoms with Crippen molar-refractivity contribution < 1.29 is 28.5 Å². The number of aryl methyl sites for hydroxylation is 1. The average Bonchev–Trinajstić information content (AvgIpc) is 3.34. The fourth-order valence-electron chi connectivity index (χ4n) is 4.90. The first-order chi connectivity index (χ1) is 19.0. The van der Waals surface area contributed by atoms with Crippen LogP contribution in [0.15, 0.2) is 72.4 Å². The van der Waals surface area contributed by atoms with Crippen LogP contribution in [-0.4, -0.2) is 52.7 Å². The third kappa shape index (κ3) is 6.39. The Hall–Kier alpha value is -4.34. The molecule has 10 heteroatoms. The predicted octanol–water partition coefficient (Wildman–Crippen LogP) is 4.64. The summed E-state index contributed by atoms with van der Waals surface area (Å²) in [4.78, 5) is 35.0. The van der Waals surface area contributed by atoms with Crippen LogP contribution in [0.25, 0.3) is 11.0 Å². The number of methoxy groups -OCH3 is 1. The fourth-order valence-corrected chi connectivity index (χ4v) is 4.90. The van der Waals surface area contributed by atoms with Crippen molar-refractivity contribution in [3.05, 3.63) is 77.9 Å². The smallest absolute Gasteiger partial charge is 0.417 e. The minimum atomic E-state index is -0.479. The number of pyridine rings is 2. The van der Waals surface area contributed by atoms with Crippen molar-refractivity contribution in [3.8, 4) is 5.88 Å². The molecule has 0 radical (unpaired) electrons. The molecule has 2 atom stereocenters. The number of carbonyl (C=O) groups is 2. The van der Waals surface area contributed by atoms with E-state index in [-0.39, 0.29) is 18.1 Å². The Balaban J connectivity index is 1.18. The van der Waals surface area contributed by atoms with Crippen LogP contribution >= 0.6 is 0 Å². The van der Waals surface area contributed by atoms with Gasteiger partial charge in [0.2, 0.25) is 17.7 Å². The number of aromatic nitrogens is 2. The summed E-state index contributed by atoms with van der Waals surface area (Å²) in [6.45, 7) is 1.85. The first-order valence-electron chi connectivity index (χ1n) is 13.1. The van der Waals surface area contributed by atoms with Crippen molar-refractivity contribution in [3.63, 3.8) is 0 Å². The topological polar surface area (TPSA) is 112 Å². The fraction of sp³-hybridized carbons (Fsp3) is 0.379. The number of hydrogen-bond acceptors (Lipinski definition) is 8. The van der Waals surface area contributed by atoms with E-state index in [1.807, 2.05) is 24.3 Å². The van der Waals surface area contributed by atoms with Crippen molar-refractivity contribution in [2.75, 3.05) is 13.7 Å². The molecule has 2 unspecified atom stereocenters. The van der Waals surface area contributed by atoms with Crippen LogP contribution in [-0.2, 0) is 25.4 Å². The van der Waals surface area contributed by atoms with E-state index in [4.69, 9.17) is 18.9 Å². The quantitative estimate of drug-likeness (QED) is 0.471. The van der Waals surface area contributed by atoms with Gasteiger partial charge in [-0.25, -0.2) is 14.7 Å². The van der Waals surface area contributed by atoms with Gasteiger partial charge in [0.05, 0.1) is 24.7 Å². The SMILES string of the molecule is COc1ccc2nccc(CCC(CCC3CN(C4=COC=C(C5=CC=CCC5)O4)C(=O)O3)NC(C)=O)c2n1. The van der Waals surface area contributed by atoms with Crippen LogP contribution in [0, 0.1) is 0 Å². The Bertz CT molecular complexity index is 1360. The van der Waals surface area contributed by atoms with Crippen LogP contribution in [0.3, 0.4) is 0 Å². The number of carbonyl (C=O) groups excluding carboxylic acids is 2. The van der Waals surface area contributed by atoms with E-state index < -0.39 is 6.09 Å². The van der Waals surface area contributed by atoms with Crippen LogP contribution in [0.2, 0.25) is 0 Å². The van der Waals surface area contributed by atoms with Crippen LogP contribution in [0.5, 0.6) is 5.88 Å². The van der Waals surface area contributed by atoms with Gasteiger partial charge in [0.15, 0.2) is 12.0 Å².